The van der Waals surface area contributed by atoms with Gasteiger partial charge in [0.25, 0.3) is 0 Å². The highest BCUT2D eigenvalue weighted by Crippen LogP contribution is 2.27. The zero-order valence-electron chi connectivity index (χ0n) is 12.4. The summed E-state index contributed by atoms with van der Waals surface area (Å²) in [6.07, 6.45) is 4.33. The lowest BCUT2D eigenvalue weighted by Crippen LogP contribution is -2.31. The van der Waals surface area contributed by atoms with Gasteiger partial charge in [-0.3, -0.25) is 5.43 Å². The van der Waals surface area contributed by atoms with Crippen LogP contribution in [0.2, 0.25) is 0 Å². The van der Waals surface area contributed by atoms with Crippen molar-refractivity contribution in [1.82, 2.24) is 10.7 Å². The molecule has 0 aliphatic carbocycles. The predicted octanol–water partition coefficient (Wildman–Crippen LogP) is 2.47. The molecular formula is C15H21N3O2S. The second-order valence-corrected chi connectivity index (χ2v) is 4.54. The standard InChI is InChI=1S/C15H21N3O2S/c1-4-8-16-15(21)18-17-11-12-6-7-13(20-9-5-2)14(10-12)19-3/h4,6-7,10-11H,1,5,8-9H2,2-3H3,(H2,16,18,21)/b17-11+. The molecule has 0 atom stereocenters. The van der Waals surface area contributed by atoms with Crippen LogP contribution in [0.15, 0.2) is 36.0 Å². The summed E-state index contributed by atoms with van der Waals surface area (Å²) in [5.41, 5.74) is 3.61. The Morgan fingerprint density at radius 1 is 1.43 bits per heavy atom. The summed E-state index contributed by atoms with van der Waals surface area (Å²) in [6.45, 7) is 6.91. The Bertz CT molecular complexity index is 504. The van der Waals surface area contributed by atoms with E-state index in [-0.39, 0.29) is 0 Å². The van der Waals surface area contributed by atoms with Crippen molar-refractivity contribution in [3.63, 3.8) is 0 Å². The molecule has 0 heterocycles. The monoisotopic (exact) mass is 307 g/mol. The molecule has 1 aromatic carbocycles. The van der Waals surface area contributed by atoms with Gasteiger partial charge in [-0.05, 0) is 42.4 Å². The second-order valence-electron chi connectivity index (χ2n) is 4.13. The lowest BCUT2D eigenvalue weighted by Gasteiger charge is -2.10. The van der Waals surface area contributed by atoms with Gasteiger partial charge in [-0.25, -0.2) is 0 Å². The van der Waals surface area contributed by atoms with Gasteiger partial charge in [0.15, 0.2) is 16.6 Å². The number of hydrogen-bond acceptors (Lipinski definition) is 4. The van der Waals surface area contributed by atoms with E-state index in [0.717, 1.165) is 17.7 Å². The summed E-state index contributed by atoms with van der Waals surface area (Å²) < 4.78 is 10.9. The molecule has 2 N–H and O–H groups in total. The van der Waals surface area contributed by atoms with Crippen LogP contribution in [0, 0.1) is 0 Å². The lowest BCUT2D eigenvalue weighted by atomic mass is 10.2. The average Bonchev–Trinajstić information content (AvgIpc) is 2.51. The molecule has 1 rings (SSSR count). The van der Waals surface area contributed by atoms with Crippen molar-refractivity contribution in [3.05, 3.63) is 36.4 Å². The fraction of sp³-hybridized carbons (Fsp3) is 0.333. The van der Waals surface area contributed by atoms with Gasteiger partial charge in [-0.1, -0.05) is 13.0 Å². The van der Waals surface area contributed by atoms with E-state index in [1.807, 2.05) is 18.2 Å². The molecule has 0 spiro atoms. The fourth-order valence-corrected chi connectivity index (χ4v) is 1.60. The van der Waals surface area contributed by atoms with E-state index in [1.165, 1.54) is 0 Å². The highest BCUT2D eigenvalue weighted by Gasteiger charge is 2.04. The highest BCUT2D eigenvalue weighted by atomic mass is 32.1. The van der Waals surface area contributed by atoms with Gasteiger partial charge in [-0.15, -0.1) is 6.58 Å². The number of hydrazone groups is 1. The van der Waals surface area contributed by atoms with Gasteiger partial charge in [0, 0.05) is 6.54 Å². The number of benzene rings is 1. The first-order valence-electron chi connectivity index (χ1n) is 6.69. The maximum absolute atomic E-state index is 5.59. The summed E-state index contributed by atoms with van der Waals surface area (Å²) >= 11 is 5.02. The van der Waals surface area contributed by atoms with Gasteiger partial charge in [0.1, 0.15) is 0 Å². The first-order valence-corrected chi connectivity index (χ1v) is 7.10. The fourth-order valence-electron chi connectivity index (χ4n) is 1.47. The van der Waals surface area contributed by atoms with Gasteiger partial charge in [-0.2, -0.15) is 5.10 Å². The van der Waals surface area contributed by atoms with Crippen LogP contribution in [0.1, 0.15) is 18.9 Å². The molecule has 0 amide bonds. The molecule has 0 saturated carbocycles. The van der Waals surface area contributed by atoms with Crippen LogP contribution in [-0.2, 0) is 0 Å². The SMILES string of the molecule is C=CCNC(=S)N/N=C/c1ccc(OCCC)c(OC)c1. The van der Waals surface area contributed by atoms with Crippen LogP contribution in [0.5, 0.6) is 11.5 Å². The minimum Gasteiger partial charge on any atom is -0.493 e. The zero-order valence-corrected chi connectivity index (χ0v) is 13.2. The highest BCUT2D eigenvalue weighted by molar-refractivity contribution is 7.80. The number of hydrogen-bond donors (Lipinski definition) is 2. The maximum atomic E-state index is 5.59. The molecule has 0 fully saturated rings. The molecule has 0 aromatic heterocycles. The lowest BCUT2D eigenvalue weighted by molar-refractivity contribution is 0.294. The summed E-state index contributed by atoms with van der Waals surface area (Å²) in [5.74, 6) is 1.41. The predicted molar refractivity (Wildman–Crippen MR) is 90.3 cm³/mol. The Morgan fingerprint density at radius 3 is 2.90 bits per heavy atom. The quantitative estimate of drug-likeness (QED) is 0.334. The van der Waals surface area contributed by atoms with Crippen molar-refractivity contribution >= 4 is 23.5 Å². The van der Waals surface area contributed by atoms with Crippen molar-refractivity contribution < 1.29 is 9.47 Å². The van der Waals surface area contributed by atoms with Crippen LogP contribution >= 0.6 is 12.2 Å². The molecule has 21 heavy (non-hydrogen) atoms. The van der Waals surface area contributed by atoms with Crippen LogP contribution in [-0.4, -0.2) is 31.6 Å². The Morgan fingerprint density at radius 2 is 2.24 bits per heavy atom. The number of thiocarbonyl (C=S) groups is 1. The third-order valence-corrected chi connectivity index (χ3v) is 2.67. The van der Waals surface area contributed by atoms with Crippen molar-refractivity contribution in [3.8, 4) is 11.5 Å². The summed E-state index contributed by atoms with van der Waals surface area (Å²) in [6, 6.07) is 5.62. The van der Waals surface area contributed by atoms with Crippen LogP contribution in [0.3, 0.4) is 0 Å². The minimum absolute atomic E-state index is 0.445. The second kappa shape index (κ2) is 9.77. The van der Waals surface area contributed by atoms with E-state index in [4.69, 9.17) is 21.7 Å². The topological polar surface area (TPSA) is 54.9 Å². The van der Waals surface area contributed by atoms with Crippen molar-refractivity contribution in [2.24, 2.45) is 5.10 Å². The summed E-state index contributed by atoms with van der Waals surface area (Å²) in [7, 11) is 1.61. The molecule has 5 nitrogen and oxygen atoms in total. The Hall–Kier alpha value is -2.08. The smallest absolute Gasteiger partial charge is 0.187 e. The van der Waals surface area contributed by atoms with Gasteiger partial charge in [0.05, 0.1) is 19.9 Å². The molecule has 0 aliphatic heterocycles. The van der Waals surface area contributed by atoms with Crippen LogP contribution < -0.4 is 20.2 Å². The molecule has 0 unspecified atom stereocenters. The Kier molecular flexibility index (Phi) is 7.89. The van der Waals surface area contributed by atoms with Crippen LogP contribution in [0.4, 0.5) is 0 Å². The molecule has 114 valence electrons. The maximum Gasteiger partial charge on any atom is 0.187 e. The normalized spacial score (nSPS) is 10.2. The van der Waals surface area contributed by atoms with Crippen molar-refractivity contribution in [2.45, 2.75) is 13.3 Å². The Balaban J connectivity index is 2.63. The first-order chi connectivity index (χ1) is 10.2. The molecule has 0 aliphatic rings. The third kappa shape index (κ3) is 6.27. The van der Waals surface area contributed by atoms with Gasteiger partial charge >= 0.3 is 0 Å². The van der Waals surface area contributed by atoms with Crippen molar-refractivity contribution in [1.29, 1.82) is 0 Å². The first kappa shape index (κ1) is 17.0. The van der Waals surface area contributed by atoms with E-state index >= 15 is 0 Å². The van der Waals surface area contributed by atoms with Crippen LogP contribution in [0.25, 0.3) is 0 Å². The zero-order chi connectivity index (χ0) is 15.5. The van der Waals surface area contributed by atoms with E-state index in [9.17, 15) is 0 Å². The van der Waals surface area contributed by atoms with E-state index in [1.54, 1.807) is 19.4 Å². The van der Waals surface area contributed by atoms with E-state index < -0.39 is 0 Å². The molecule has 0 radical (unpaired) electrons. The third-order valence-electron chi connectivity index (χ3n) is 2.44. The molecule has 0 saturated heterocycles. The van der Waals surface area contributed by atoms with E-state index in [2.05, 4.69) is 29.3 Å². The number of rotatable bonds is 8. The molecule has 6 heteroatoms. The number of methoxy groups -OCH3 is 1. The number of nitrogens with zero attached hydrogens (tertiary/aromatic N) is 1. The van der Waals surface area contributed by atoms with Gasteiger partial charge in [0.2, 0.25) is 0 Å². The average molecular weight is 307 g/mol. The molecule has 0 bridgehead atoms. The summed E-state index contributed by atoms with van der Waals surface area (Å²) in [4.78, 5) is 0. The van der Waals surface area contributed by atoms with Gasteiger partial charge < -0.3 is 14.8 Å². The largest absolute Gasteiger partial charge is 0.493 e. The van der Waals surface area contributed by atoms with E-state index in [0.29, 0.717) is 24.0 Å². The summed E-state index contributed by atoms with van der Waals surface area (Å²) in [5, 5.41) is 7.41. The Labute approximate surface area is 131 Å². The van der Waals surface area contributed by atoms with Crippen molar-refractivity contribution in [2.75, 3.05) is 20.3 Å². The molecule has 1 aromatic rings. The number of ether oxygens (including phenoxy) is 2. The molecular weight excluding hydrogens is 286 g/mol. The minimum atomic E-state index is 0.445. The number of nitrogens with one attached hydrogen (secondary N) is 2.